The SMILES string of the molecule is CC(C)CC(NC(=O)C1CCCCCC1)C(=O)c1nnc(SCC[N+](C)(C)C)o1.[I-]. The molecular formula is C21H37IN4O3S. The molecule has 7 nitrogen and oxygen atoms in total. The summed E-state index contributed by atoms with van der Waals surface area (Å²) in [4.78, 5) is 25.8. The van der Waals surface area contributed by atoms with E-state index in [2.05, 4.69) is 36.7 Å². The standard InChI is InChI=1S/C21H36N4O3S.HI/c1-15(2)14-17(22-19(27)16-10-8-6-7-9-11-16)18(26)20-23-24-21(28-20)29-13-12-25(3,4)5;/h15-17H,6-14H2,1-5H3;1H. The Morgan fingerprint density at radius 1 is 1.13 bits per heavy atom. The zero-order valence-corrected chi connectivity index (χ0v) is 21.9. The first-order valence-corrected chi connectivity index (χ1v) is 11.8. The van der Waals surface area contributed by atoms with Crippen LogP contribution in [0.3, 0.4) is 0 Å². The molecular weight excluding hydrogens is 515 g/mol. The molecule has 9 heteroatoms. The van der Waals surface area contributed by atoms with Crippen molar-refractivity contribution in [1.82, 2.24) is 15.5 Å². The molecule has 2 rings (SSSR count). The number of ketones is 1. The van der Waals surface area contributed by atoms with Gasteiger partial charge in [-0.05, 0) is 25.2 Å². The summed E-state index contributed by atoms with van der Waals surface area (Å²) in [5.41, 5.74) is 0. The van der Waals surface area contributed by atoms with Gasteiger partial charge in [0.25, 0.3) is 11.1 Å². The van der Waals surface area contributed by atoms with E-state index in [1.54, 1.807) is 0 Å². The Balaban J connectivity index is 0.00000450. The van der Waals surface area contributed by atoms with Crippen LogP contribution in [0, 0.1) is 11.8 Å². The van der Waals surface area contributed by atoms with Crippen LogP contribution in [-0.2, 0) is 4.79 Å². The summed E-state index contributed by atoms with van der Waals surface area (Å²) in [7, 11) is 6.37. The summed E-state index contributed by atoms with van der Waals surface area (Å²) >= 11 is 1.45. The molecule has 0 aliphatic heterocycles. The van der Waals surface area contributed by atoms with Crippen molar-refractivity contribution in [2.45, 2.75) is 70.1 Å². The second kappa shape index (κ2) is 13.0. The van der Waals surface area contributed by atoms with Crippen LogP contribution < -0.4 is 29.3 Å². The van der Waals surface area contributed by atoms with Crippen molar-refractivity contribution in [2.75, 3.05) is 33.4 Å². The average molecular weight is 553 g/mol. The summed E-state index contributed by atoms with van der Waals surface area (Å²) in [6.07, 6.45) is 6.91. The smallest absolute Gasteiger partial charge is 0.286 e. The number of carbonyl (C=O) groups excluding carboxylic acids is 2. The number of nitrogens with zero attached hydrogens (tertiary/aromatic N) is 3. The van der Waals surface area contributed by atoms with E-state index < -0.39 is 6.04 Å². The normalized spacial score (nSPS) is 16.6. The predicted molar refractivity (Wildman–Crippen MR) is 115 cm³/mol. The van der Waals surface area contributed by atoms with Gasteiger partial charge < -0.3 is 38.2 Å². The van der Waals surface area contributed by atoms with E-state index >= 15 is 0 Å². The monoisotopic (exact) mass is 552 g/mol. The molecule has 0 saturated heterocycles. The fraction of sp³-hybridized carbons (Fsp3) is 0.810. The average Bonchev–Trinajstić information content (AvgIpc) is 2.91. The maximum absolute atomic E-state index is 13.0. The van der Waals surface area contributed by atoms with Crippen molar-refractivity contribution in [1.29, 1.82) is 0 Å². The Kier molecular flexibility index (Phi) is 11.9. The number of Topliss-reactive ketones (excluding diaryl/α,β-unsaturated/α-hetero) is 1. The van der Waals surface area contributed by atoms with Gasteiger partial charge in [0.2, 0.25) is 11.7 Å². The highest BCUT2D eigenvalue weighted by molar-refractivity contribution is 7.99. The number of hydrogen-bond acceptors (Lipinski definition) is 6. The lowest BCUT2D eigenvalue weighted by molar-refractivity contribution is -0.867. The van der Waals surface area contributed by atoms with Crippen molar-refractivity contribution in [3.8, 4) is 0 Å². The topological polar surface area (TPSA) is 85.1 Å². The number of nitrogens with one attached hydrogen (secondary N) is 1. The summed E-state index contributed by atoms with van der Waals surface area (Å²) in [5.74, 6) is 0.788. The van der Waals surface area contributed by atoms with Crippen LogP contribution in [-0.4, -0.2) is 65.9 Å². The molecule has 172 valence electrons. The predicted octanol–water partition coefficient (Wildman–Crippen LogP) is 0.556. The van der Waals surface area contributed by atoms with E-state index in [9.17, 15) is 9.59 Å². The largest absolute Gasteiger partial charge is 1.00 e. The van der Waals surface area contributed by atoms with Gasteiger partial charge in [0.05, 0.1) is 39.5 Å². The van der Waals surface area contributed by atoms with Crippen LogP contribution in [0.1, 0.15) is 69.5 Å². The third kappa shape index (κ3) is 9.64. The summed E-state index contributed by atoms with van der Waals surface area (Å²) in [5, 5.41) is 11.4. The van der Waals surface area contributed by atoms with Gasteiger partial charge in [0, 0.05) is 5.92 Å². The van der Waals surface area contributed by atoms with Gasteiger partial charge in [-0.15, -0.1) is 10.2 Å². The molecule has 1 unspecified atom stereocenters. The maximum atomic E-state index is 13.0. The van der Waals surface area contributed by atoms with Gasteiger partial charge in [0.1, 0.15) is 0 Å². The van der Waals surface area contributed by atoms with Crippen LogP contribution >= 0.6 is 11.8 Å². The molecule has 1 atom stereocenters. The van der Waals surface area contributed by atoms with E-state index in [-0.39, 0.29) is 53.4 Å². The first-order chi connectivity index (χ1) is 13.7. The Labute approximate surface area is 202 Å². The Bertz CT molecular complexity index is 667. The zero-order valence-electron chi connectivity index (χ0n) is 18.9. The van der Waals surface area contributed by atoms with E-state index in [4.69, 9.17) is 4.42 Å². The van der Waals surface area contributed by atoms with Crippen LogP contribution in [0.4, 0.5) is 0 Å². The zero-order chi connectivity index (χ0) is 21.4. The lowest BCUT2D eigenvalue weighted by Gasteiger charge is -2.22. The number of aromatic nitrogens is 2. The van der Waals surface area contributed by atoms with Crippen LogP contribution in [0.25, 0.3) is 0 Å². The number of quaternary nitrogens is 1. The summed E-state index contributed by atoms with van der Waals surface area (Å²) in [6.45, 7) is 5.03. The van der Waals surface area contributed by atoms with Crippen LogP contribution in [0.2, 0.25) is 0 Å². The summed E-state index contributed by atoms with van der Waals surface area (Å²) in [6, 6.07) is -0.615. The van der Waals surface area contributed by atoms with Crippen molar-refractivity contribution < 1.29 is 42.5 Å². The van der Waals surface area contributed by atoms with Gasteiger partial charge in [-0.2, -0.15) is 0 Å². The van der Waals surface area contributed by atoms with Crippen molar-refractivity contribution in [2.24, 2.45) is 11.8 Å². The molecule has 1 N–H and O–H groups in total. The molecule has 30 heavy (non-hydrogen) atoms. The highest BCUT2D eigenvalue weighted by Gasteiger charge is 2.30. The van der Waals surface area contributed by atoms with Gasteiger partial charge in [-0.3, -0.25) is 9.59 Å². The minimum atomic E-state index is -0.615. The number of carbonyl (C=O) groups is 2. The van der Waals surface area contributed by atoms with Crippen molar-refractivity contribution in [3.63, 3.8) is 0 Å². The van der Waals surface area contributed by atoms with E-state index in [0.29, 0.717) is 11.6 Å². The van der Waals surface area contributed by atoms with Gasteiger partial charge in [-0.25, -0.2) is 0 Å². The quantitative estimate of drug-likeness (QED) is 0.150. The Morgan fingerprint density at radius 3 is 2.33 bits per heavy atom. The molecule has 0 aromatic carbocycles. The lowest BCUT2D eigenvalue weighted by atomic mass is 9.96. The minimum absolute atomic E-state index is 0. The lowest BCUT2D eigenvalue weighted by Crippen LogP contribution is -3.00. The molecule has 1 aliphatic rings. The fourth-order valence-electron chi connectivity index (χ4n) is 3.46. The molecule has 1 amide bonds. The van der Waals surface area contributed by atoms with E-state index in [0.717, 1.165) is 42.5 Å². The highest BCUT2D eigenvalue weighted by Crippen LogP contribution is 2.24. The van der Waals surface area contributed by atoms with E-state index in [1.165, 1.54) is 24.6 Å². The van der Waals surface area contributed by atoms with Crippen molar-refractivity contribution >= 4 is 23.5 Å². The van der Waals surface area contributed by atoms with Gasteiger partial charge in [-0.1, -0.05) is 51.3 Å². The van der Waals surface area contributed by atoms with Crippen molar-refractivity contribution in [3.05, 3.63) is 5.89 Å². The highest BCUT2D eigenvalue weighted by atomic mass is 127. The molecule has 1 aliphatic carbocycles. The number of amides is 1. The molecule has 1 heterocycles. The third-order valence-electron chi connectivity index (χ3n) is 5.17. The third-order valence-corrected chi connectivity index (χ3v) is 5.97. The maximum Gasteiger partial charge on any atom is 0.286 e. The molecule has 0 spiro atoms. The molecule has 1 aromatic heterocycles. The first-order valence-electron chi connectivity index (χ1n) is 10.8. The molecule has 0 bridgehead atoms. The fourth-order valence-corrected chi connectivity index (χ4v) is 4.51. The number of rotatable bonds is 10. The second-order valence-electron chi connectivity index (χ2n) is 9.48. The Hall–Kier alpha value is -0.680. The molecule has 1 fully saturated rings. The number of thioether (sulfide) groups is 1. The number of halogens is 1. The van der Waals surface area contributed by atoms with Crippen LogP contribution in [0.15, 0.2) is 9.64 Å². The van der Waals surface area contributed by atoms with E-state index in [1.807, 2.05) is 13.8 Å². The minimum Gasteiger partial charge on any atom is -1.00 e. The first kappa shape index (κ1) is 27.4. The summed E-state index contributed by atoms with van der Waals surface area (Å²) < 4.78 is 6.45. The number of hydrogen-bond donors (Lipinski definition) is 1. The Morgan fingerprint density at radius 2 is 1.77 bits per heavy atom. The molecule has 1 saturated carbocycles. The van der Waals surface area contributed by atoms with Crippen LogP contribution in [0.5, 0.6) is 0 Å². The molecule has 1 aromatic rings. The van der Waals surface area contributed by atoms with Gasteiger partial charge >= 0.3 is 0 Å². The second-order valence-corrected chi connectivity index (χ2v) is 10.5. The molecule has 0 radical (unpaired) electrons. The van der Waals surface area contributed by atoms with Gasteiger partial charge in [0.15, 0.2) is 0 Å².